The van der Waals surface area contributed by atoms with Crippen molar-refractivity contribution in [3.05, 3.63) is 18.2 Å². The highest BCUT2D eigenvalue weighted by Gasteiger charge is 2.05. The molecule has 0 aliphatic heterocycles. The van der Waals surface area contributed by atoms with Crippen molar-refractivity contribution < 1.29 is 4.57 Å². The molecule has 2 nitrogen and oxygen atoms in total. The number of rotatable bonds is 1. The summed E-state index contributed by atoms with van der Waals surface area (Å²) in [6.07, 6.45) is 5.23. The van der Waals surface area contributed by atoms with Crippen LogP contribution in [0.4, 0.5) is 0 Å². The predicted molar refractivity (Wildman–Crippen MR) is 36.0 cm³/mol. The lowest BCUT2D eigenvalue weighted by Crippen LogP contribution is -2.31. The Balaban J connectivity index is 3.07. The highest BCUT2D eigenvalue weighted by Crippen LogP contribution is 1.89. The second kappa shape index (κ2) is 2.21. The van der Waals surface area contributed by atoms with Gasteiger partial charge in [-0.25, -0.2) is 9.13 Å². The number of aryl methyl sites for hydroxylation is 2. The summed E-state index contributed by atoms with van der Waals surface area (Å²) in [5.74, 6) is 1.36. The molecule has 0 N–H and O–H groups in total. The largest absolute Gasteiger partial charge is 0.255 e. The van der Waals surface area contributed by atoms with Crippen LogP contribution in [0.3, 0.4) is 0 Å². The Morgan fingerprint density at radius 3 is 2.56 bits per heavy atom. The molecule has 1 rings (SSSR count). The molecular weight excluding hydrogens is 112 g/mol. The Morgan fingerprint density at radius 1 is 1.67 bits per heavy atom. The van der Waals surface area contributed by atoms with Crippen molar-refractivity contribution in [1.82, 2.24) is 4.57 Å². The molecule has 1 heterocycles. The van der Waals surface area contributed by atoms with Crippen LogP contribution in [0.1, 0.15) is 12.7 Å². The van der Waals surface area contributed by atoms with E-state index in [1.165, 1.54) is 5.82 Å². The van der Waals surface area contributed by atoms with Crippen molar-refractivity contribution in [1.29, 1.82) is 0 Å². The normalized spacial score (nSPS) is 10.1. The molecule has 0 aromatic carbocycles. The molecule has 0 amide bonds. The fraction of sp³-hybridized carbons (Fsp3) is 0.571. The molecular formula is C7H13N2+. The van der Waals surface area contributed by atoms with Crippen molar-refractivity contribution in [3.63, 3.8) is 0 Å². The van der Waals surface area contributed by atoms with Crippen LogP contribution in [-0.2, 0) is 20.5 Å². The Bertz CT molecular complexity index is 181. The zero-order chi connectivity index (χ0) is 6.85. The minimum absolute atomic E-state index is 1.10. The van der Waals surface area contributed by atoms with Gasteiger partial charge < -0.3 is 0 Å². The fourth-order valence-electron chi connectivity index (χ4n) is 1.12. The first-order valence-electron chi connectivity index (χ1n) is 3.25. The summed E-state index contributed by atoms with van der Waals surface area (Å²) >= 11 is 0. The summed E-state index contributed by atoms with van der Waals surface area (Å²) in [4.78, 5) is 0. The molecule has 0 fully saturated rings. The van der Waals surface area contributed by atoms with Crippen LogP contribution in [0, 0.1) is 0 Å². The van der Waals surface area contributed by atoms with Crippen molar-refractivity contribution in [2.45, 2.75) is 13.3 Å². The molecule has 9 heavy (non-hydrogen) atoms. The minimum atomic E-state index is 1.10. The lowest BCUT2D eigenvalue weighted by molar-refractivity contribution is -0.678. The van der Waals surface area contributed by atoms with E-state index in [1.807, 2.05) is 0 Å². The predicted octanol–water partition coefficient (Wildman–Crippen LogP) is 0.412. The average molecular weight is 125 g/mol. The third kappa shape index (κ3) is 0.969. The van der Waals surface area contributed by atoms with Crippen molar-refractivity contribution in [2.75, 3.05) is 0 Å². The van der Waals surface area contributed by atoms with Gasteiger partial charge in [0.2, 0.25) is 0 Å². The third-order valence-electron chi connectivity index (χ3n) is 1.64. The second-order valence-electron chi connectivity index (χ2n) is 2.29. The van der Waals surface area contributed by atoms with Crippen LogP contribution in [0.2, 0.25) is 0 Å². The molecule has 0 unspecified atom stereocenters. The Labute approximate surface area is 55.7 Å². The van der Waals surface area contributed by atoms with Gasteiger partial charge >= 0.3 is 0 Å². The fourth-order valence-corrected chi connectivity index (χ4v) is 1.12. The lowest BCUT2D eigenvalue weighted by atomic mass is 10.4. The van der Waals surface area contributed by atoms with Gasteiger partial charge in [-0.2, -0.15) is 0 Å². The first-order chi connectivity index (χ1) is 4.25. The van der Waals surface area contributed by atoms with Crippen LogP contribution in [0.25, 0.3) is 0 Å². The number of aromatic nitrogens is 2. The number of hydrogen-bond donors (Lipinski definition) is 0. The molecule has 0 bridgehead atoms. The van der Waals surface area contributed by atoms with Gasteiger partial charge in [-0.15, -0.1) is 0 Å². The molecule has 0 aliphatic carbocycles. The topological polar surface area (TPSA) is 8.81 Å². The van der Waals surface area contributed by atoms with E-state index in [0.29, 0.717) is 0 Å². The Kier molecular flexibility index (Phi) is 1.56. The molecule has 0 radical (unpaired) electrons. The van der Waals surface area contributed by atoms with Crippen molar-refractivity contribution in [2.24, 2.45) is 14.1 Å². The first kappa shape index (κ1) is 6.33. The highest BCUT2D eigenvalue weighted by atomic mass is 15.1. The zero-order valence-electron chi connectivity index (χ0n) is 6.26. The number of hydrogen-bond acceptors (Lipinski definition) is 0. The summed E-state index contributed by atoms with van der Waals surface area (Å²) in [5, 5.41) is 0. The van der Waals surface area contributed by atoms with Crippen LogP contribution in [0.15, 0.2) is 12.4 Å². The van der Waals surface area contributed by atoms with Gasteiger partial charge in [0.25, 0.3) is 5.82 Å². The van der Waals surface area contributed by atoms with Gasteiger partial charge in [0.05, 0.1) is 14.1 Å². The minimum Gasteiger partial charge on any atom is -0.237 e. The second-order valence-corrected chi connectivity index (χ2v) is 2.29. The van der Waals surface area contributed by atoms with Gasteiger partial charge in [0.15, 0.2) is 0 Å². The summed E-state index contributed by atoms with van der Waals surface area (Å²) in [5.41, 5.74) is 0. The monoisotopic (exact) mass is 125 g/mol. The number of nitrogens with zero attached hydrogens (tertiary/aromatic N) is 2. The van der Waals surface area contributed by atoms with E-state index in [9.17, 15) is 0 Å². The summed E-state index contributed by atoms with van der Waals surface area (Å²) in [6, 6.07) is 0. The summed E-state index contributed by atoms with van der Waals surface area (Å²) in [7, 11) is 4.14. The maximum atomic E-state index is 2.16. The summed E-state index contributed by atoms with van der Waals surface area (Å²) < 4.78 is 4.28. The number of imidazole rings is 1. The molecule has 1 aromatic heterocycles. The Morgan fingerprint density at radius 2 is 2.33 bits per heavy atom. The maximum absolute atomic E-state index is 2.16. The van der Waals surface area contributed by atoms with E-state index in [2.05, 4.69) is 42.5 Å². The smallest absolute Gasteiger partial charge is 0.237 e. The molecule has 2 heteroatoms. The van der Waals surface area contributed by atoms with Crippen LogP contribution in [-0.4, -0.2) is 4.57 Å². The van der Waals surface area contributed by atoms with E-state index in [1.54, 1.807) is 0 Å². The van der Waals surface area contributed by atoms with Crippen molar-refractivity contribution in [3.8, 4) is 0 Å². The molecule has 0 saturated carbocycles. The van der Waals surface area contributed by atoms with E-state index in [-0.39, 0.29) is 0 Å². The SMILES string of the molecule is CCc1n(C)cc[n+]1C. The van der Waals surface area contributed by atoms with Crippen LogP contribution < -0.4 is 4.57 Å². The quantitative estimate of drug-likeness (QED) is 0.481. The highest BCUT2D eigenvalue weighted by molar-refractivity contribution is 4.79. The van der Waals surface area contributed by atoms with Crippen LogP contribution in [0.5, 0.6) is 0 Å². The van der Waals surface area contributed by atoms with E-state index < -0.39 is 0 Å². The summed E-state index contributed by atoms with van der Waals surface area (Å²) in [6.45, 7) is 2.16. The zero-order valence-corrected chi connectivity index (χ0v) is 6.26. The molecule has 0 saturated heterocycles. The maximum Gasteiger partial charge on any atom is 0.255 e. The van der Waals surface area contributed by atoms with Crippen molar-refractivity contribution >= 4 is 0 Å². The van der Waals surface area contributed by atoms with E-state index in [4.69, 9.17) is 0 Å². The van der Waals surface area contributed by atoms with E-state index in [0.717, 1.165) is 6.42 Å². The van der Waals surface area contributed by atoms with Gasteiger partial charge in [-0.1, -0.05) is 6.92 Å². The molecule has 0 aliphatic rings. The molecule has 0 atom stereocenters. The first-order valence-corrected chi connectivity index (χ1v) is 3.25. The van der Waals surface area contributed by atoms with Gasteiger partial charge in [0.1, 0.15) is 12.4 Å². The molecule has 1 aromatic rings. The van der Waals surface area contributed by atoms with Gasteiger partial charge in [-0.3, -0.25) is 0 Å². The Hall–Kier alpha value is -0.790. The average Bonchev–Trinajstić information content (AvgIpc) is 2.12. The van der Waals surface area contributed by atoms with Gasteiger partial charge in [-0.05, 0) is 0 Å². The molecule has 0 spiro atoms. The standard InChI is InChI=1S/C7H13N2/c1-4-7-8(2)5-6-9(7)3/h5-6H,4H2,1-3H3/q+1. The lowest BCUT2D eigenvalue weighted by Gasteiger charge is -1.90. The molecule has 50 valence electrons. The van der Waals surface area contributed by atoms with Crippen LogP contribution >= 0.6 is 0 Å². The van der Waals surface area contributed by atoms with E-state index >= 15 is 0 Å². The van der Waals surface area contributed by atoms with Gasteiger partial charge in [0, 0.05) is 6.42 Å². The third-order valence-corrected chi connectivity index (χ3v) is 1.64.